The molecule has 2 aliphatic rings. The highest BCUT2D eigenvalue weighted by Gasteiger charge is 2.39. The number of nitrogens with one attached hydrogen (secondary N) is 1. The first-order valence-electron chi connectivity index (χ1n) is 7.51. The van der Waals surface area contributed by atoms with Crippen molar-refractivity contribution < 1.29 is 0 Å². The smallest absolute Gasteiger partial charge is 0.0254 e. The fraction of sp³-hybridized carbons (Fsp3) is 1.00. The summed E-state index contributed by atoms with van der Waals surface area (Å²) in [5.41, 5.74) is 0.522. The molecule has 0 aromatic heterocycles. The largest absolute Gasteiger partial charge is 0.315 e. The predicted molar refractivity (Wildman–Crippen MR) is 77.9 cm³/mol. The molecule has 2 fully saturated rings. The zero-order chi connectivity index (χ0) is 13.3. The lowest BCUT2D eigenvalue weighted by Gasteiger charge is -2.45. The third-order valence-electron chi connectivity index (χ3n) is 5.12. The van der Waals surface area contributed by atoms with Gasteiger partial charge in [0.1, 0.15) is 0 Å². The molecule has 2 rings (SSSR count). The first-order valence-corrected chi connectivity index (χ1v) is 7.51. The van der Waals surface area contributed by atoms with Crippen LogP contribution in [-0.2, 0) is 0 Å². The van der Waals surface area contributed by atoms with Gasteiger partial charge in [0.15, 0.2) is 0 Å². The van der Waals surface area contributed by atoms with Gasteiger partial charge in [-0.05, 0) is 52.2 Å². The Balaban J connectivity index is 2.01. The number of nitrogens with zero attached hydrogens (tertiary/aromatic N) is 2. The lowest BCUT2D eigenvalue weighted by molar-refractivity contribution is 0.0793. The molecule has 18 heavy (non-hydrogen) atoms. The van der Waals surface area contributed by atoms with Crippen LogP contribution in [0.25, 0.3) is 0 Å². The fourth-order valence-corrected chi connectivity index (χ4v) is 3.76. The predicted octanol–water partition coefficient (Wildman–Crippen LogP) is 1.79. The molecule has 0 aromatic rings. The monoisotopic (exact) mass is 253 g/mol. The summed E-state index contributed by atoms with van der Waals surface area (Å²) in [5.74, 6) is 0. The molecule has 0 amide bonds. The lowest BCUT2D eigenvalue weighted by atomic mass is 9.72. The molecule has 1 N–H and O–H groups in total. The molecule has 3 unspecified atom stereocenters. The molecule has 3 atom stereocenters. The fourth-order valence-electron chi connectivity index (χ4n) is 3.76. The molecular formula is C15H31N3. The lowest BCUT2D eigenvalue weighted by Crippen LogP contribution is -2.53. The molecule has 1 aliphatic carbocycles. The second kappa shape index (κ2) is 5.48. The minimum atomic E-state index is 0.522. The highest BCUT2D eigenvalue weighted by molar-refractivity contribution is 4.97. The topological polar surface area (TPSA) is 18.5 Å². The zero-order valence-corrected chi connectivity index (χ0v) is 12.9. The summed E-state index contributed by atoms with van der Waals surface area (Å²) in [5, 5.41) is 3.56. The number of likely N-dealkylation sites (N-methyl/N-ethyl adjacent to an activating group) is 2. The number of rotatable bonds is 3. The van der Waals surface area contributed by atoms with Crippen LogP contribution in [0.1, 0.15) is 39.5 Å². The zero-order valence-electron chi connectivity index (χ0n) is 12.9. The van der Waals surface area contributed by atoms with Gasteiger partial charge < -0.3 is 10.2 Å². The Hall–Kier alpha value is -0.120. The summed E-state index contributed by atoms with van der Waals surface area (Å²) in [6, 6.07) is 2.19. The van der Waals surface area contributed by atoms with E-state index in [0.717, 1.165) is 12.1 Å². The van der Waals surface area contributed by atoms with Gasteiger partial charge in [-0.15, -0.1) is 0 Å². The van der Waals surface area contributed by atoms with Crippen molar-refractivity contribution in [2.24, 2.45) is 5.41 Å². The molecule has 0 aromatic carbocycles. The van der Waals surface area contributed by atoms with Gasteiger partial charge >= 0.3 is 0 Å². The van der Waals surface area contributed by atoms with Crippen molar-refractivity contribution in [3.05, 3.63) is 0 Å². The van der Waals surface area contributed by atoms with E-state index in [-0.39, 0.29) is 0 Å². The highest BCUT2D eigenvalue weighted by Crippen LogP contribution is 2.38. The molecule has 1 saturated heterocycles. The van der Waals surface area contributed by atoms with Gasteiger partial charge in [0, 0.05) is 31.2 Å². The van der Waals surface area contributed by atoms with Gasteiger partial charge in [0.25, 0.3) is 0 Å². The molecule has 106 valence electrons. The number of likely N-dealkylation sites (tertiary alicyclic amines) is 1. The quantitative estimate of drug-likeness (QED) is 0.827. The molecule has 1 heterocycles. The van der Waals surface area contributed by atoms with Crippen LogP contribution in [0.5, 0.6) is 0 Å². The van der Waals surface area contributed by atoms with Crippen LogP contribution < -0.4 is 5.32 Å². The minimum Gasteiger partial charge on any atom is -0.315 e. The van der Waals surface area contributed by atoms with Gasteiger partial charge in [-0.3, -0.25) is 4.90 Å². The van der Waals surface area contributed by atoms with Crippen molar-refractivity contribution in [1.29, 1.82) is 0 Å². The summed E-state index contributed by atoms with van der Waals surface area (Å²) in [7, 11) is 6.57. The van der Waals surface area contributed by atoms with Crippen LogP contribution in [0.4, 0.5) is 0 Å². The van der Waals surface area contributed by atoms with Crippen LogP contribution in [0.15, 0.2) is 0 Å². The summed E-state index contributed by atoms with van der Waals surface area (Å²) in [6.45, 7) is 7.41. The van der Waals surface area contributed by atoms with E-state index in [0.29, 0.717) is 11.5 Å². The Morgan fingerprint density at radius 2 is 1.94 bits per heavy atom. The third-order valence-corrected chi connectivity index (χ3v) is 5.12. The standard InChI is InChI=1S/C15H31N3/c1-15(2)8-6-13(16-3)14(10-15)18-9-7-12(11-18)17(4)5/h12-14,16H,6-11H2,1-5H3. The summed E-state index contributed by atoms with van der Waals surface area (Å²) in [6.07, 6.45) is 5.37. The maximum atomic E-state index is 3.56. The number of hydrogen-bond acceptors (Lipinski definition) is 3. The normalized spacial score (nSPS) is 37.3. The van der Waals surface area contributed by atoms with E-state index in [1.165, 1.54) is 38.8 Å². The Kier molecular flexibility index (Phi) is 4.35. The van der Waals surface area contributed by atoms with Crippen molar-refractivity contribution >= 4 is 0 Å². The van der Waals surface area contributed by atoms with E-state index in [1.54, 1.807) is 0 Å². The van der Waals surface area contributed by atoms with E-state index >= 15 is 0 Å². The van der Waals surface area contributed by atoms with Gasteiger partial charge in [-0.2, -0.15) is 0 Å². The summed E-state index contributed by atoms with van der Waals surface area (Å²) < 4.78 is 0. The van der Waals surface area contributed by atoms with Gasteiger partial charge in [-0.1, -0.05) is 13.8 Å². The molecule has 3 heteroatoms. The first-order chi connectivity index (χ1) is 8.43. The van der Waals surface area contributed by atoms with Gasteiger partial charge in [-0.25, -0.2) is 0 Å². The number of hydrogen-bond donors (Lipinski definition) is 1. The van der Waals surface area contributed by atoms with E-state index < -0.39 is 0 Å². The highest BCUT2D eigenvalue weighted by atomic mass is 15.3. The van der Waals surface area contributed by atoms with Gasteiger partial charge in [0.2, 0.25) is 0 Å². The molecule has 3 nitrogen and oxygen atoms in total. The maximum absolute atomic E-state index is 3.56. The minimum absolute atomic E-state index is 0.522. The Morgan fingerprint density at radius 3 is 2.50 bits per heavy atom. The van der Waals surface area contributed by atoms with Crippen LogP contribution in [0.3, 0.4) is 0 Å². The van der Waals surface area contributed by atoms with E-state index in [9.17, 15) is 0 Å². The third kappa shape index (κ3) is 3.06. The second-order valence-corrected chi connectivity index (χ2v) is 7.27. The van der Waals surface area contributed by atoms with Crippen molar-refractivity contribution in [2.45, 2.75) is 57.7 Å². The second-order valence-electron chi connectivity index (χ2n) is 7.27. The van der Waals surface area contributed by atoms with Crippen molar-refractivity contribution in [3.63, 3.8) is 0 Å². The van der Waals surface area contributed by atoms with Crippen LogP contribution in [-0.4, -0.2) is 62.2 Å². The Morgan fingerprint density at radius 1 is 1.22 bits per heavy atom. The first kappa shape index (κ1) is 14.3. The molecule has 0 radical (unpaired) electrons. The SMILES string of the molecule is CNC1CCC(C)(C)CC1N1CCC(N(C)C)C1. The van der Waals surface area contributed by atoms with Crippen molar-refractivity contribution in [1.82, 2.24) is 15.1 Å². The van der Waals surface area contributed by atoms with Crippen molar-refractivity contribution in [3.8, 4) is 0 Å². The summed E-state index contributed by atoms with van der Waals surface area (Å²) in [4.78, 5) is 5.13. The molecule has 0 spiro atoms. The van der Waals surface area contributed by atoms with E-state index in [2.05, 4.69) is 50.1 Å². The molecule has 0 bridgehead atoms. The average molecular weight is 253 g/mol. The van der Waals surface area contributed by atoms with Crippen LogP contribution >= 0.6 is 0 Å². The summed E-state index contributed by atoms with van der Waals surface area (Å²) >= 11 is 0. The van der Waals surface area contributed by atoms with Crippen LogP contribution in [0, 0.1) is 5.41 Å². The Labute approximate surface area is 113 Å². The van der Waals surface area contributed by atoms with Gasteiger partial charge in [0.05, 0.1) is 0 Å². The molecule has 1 aliphatic heterocycles. The van der Waals surface area contributed by atoms with Crippen molar-refractivity contribution in [2.75, 3.05) is 34.2 Å². The van der Waals surface area contributed by atoms with Crippen LogP contribution in [0.2, 0.25) is 0 Å². The molecular weight excluding hydrogens is 222 g/mol. The van der Waals surface area contributed by atoms with E-state index in [4.69, 9.17) is 0 Å². The Bertz CT molecular complexity index is 275. The van der Waals surface area contributed by atoms with E-state index in [1.807, 2.05) is 0 Å². The molecule has 1 saturated carbocycles. The average Bonchev–Trinajstić information content (AvgIpc) is 2.77. The maximum Gasteiger partial charge on any atom is 0.0254 e.